The zero-order valence-electron chi connectivity index (χ0n) is 8.49. The number of hydrogen-bond donors (Lipinski definition) is 0. The van der Waals surface area contributed by atoms with Crippen molar-refractivity contribution in [3.05, 3.63) is 30.3 Å². The molecule has 0 aromatic heterocycles. The molecule has 0 radical (unpaired) electrons. The zero-order chi connectivity index (χ0) is 9.97. The molecule has 0 bridgehead atoms. The van der Waals surface area contributed by atoms with Crippen molar-refractivity contribution in [3.63, 3.8) is 0 Å². The van der Waals surface area contributed by atoms with E-state index in [1.807, 2.05) is 18.2 Å². The van der Waals surface area contributed by atoms with Crippen LogP contribution in [0.25, 0.3) is 6.08 Å². The Kier molecular flexibility index (Phi) is 2.44. The summed E-state index contributed by atoms with van der Waals surface area (Å²) in [6.45, 7) is 5.66. The molecule has 0 unspecified atom stereocenters. The summed E-state index contributed by atoms with van der Waals surface area (Å²) >= 11 is 0. The Morgan fingerprint density at radius 2 is 2.36 bits per heavy atom. The van der Waals surface area contributed by atoms with Crippen molar-refractivity contribution in [2.45, 2.75) is 6.42 Å². The Labute approximate surface area is 84.8 Å². The number of ether oxygens (including phenoxy) is 1. The van der Waals surface area contributed by atoms with E-state index in [0.717, 1.165) is 30.9 Å². The lowest BCUT2D eigenvalue weighted by atomic mass is 10.1. The fraction of sp³-hybridized carbons (Fsp3) is 0.333. The Morgan fingerprint density at radius 3 is 3.14 bits per heavy atom. The average molecular weight is 189 g/mol. The summed E-state index contributed by atoms with van der Waals surface area (Å²) in [7, 11) is 2.10. The topological polar surface area (TPSA) is 12.5 Å². The van der Waals surface area contributed by atoms with Crippen LogP contribution in [0.4, 0.5) is 5.69 Å². The number of anilines is 1. The van der Waals surface area contributed by atoms with Crippen molar-refractivity contribution in [2.75, 3.05) is 25.1 Å². The molecule has 74 valence electrons. The van der Waals surface area contributed by atoms with Crippen molar-refractivity contribution in [2.24, 2.45) is 0 Å². The summed E-state index contributed by atoms with van der Waals surface area (Å²) in [5.74, 6) is 0.974. The molecule has 0 amide bonds. The highest BCUT2D eigenvalue weighted by Gasteiger charge is 2.15. The lowest BCUT2D eigenvalue weighted by molar-refractivity contribution is 0.322. The van der Waals surface area contributed by atoms with Crippen LogP contribution in [0.2, 0.25) is 0 Å². The third kappa shape index (κ3) is 1.48. The molecule has 0 fully saturated rings. The van der Waals surface area contributed by atoms with Crippen LogP contribution in [0, 0.1) is 0 Å². The molecule has 2 rings (SSSR count). The zero-order valence-corrected chi connectivity index (χ0v) is 8.49. The Bertz CT molecular complexity index is 346. The van der Waals surface area contributed by atoms with Crippen LogP contribution in [0.1, 0.15) is 12.0 Å². The second-order valence-electron chi connectivity index (χ2n) is 3.52. The minimum Gasteiger partial charge on any atom is -0.491 e. The summed E-state index contributed by atoms with van der Waals surface area (Å²) in [5.41, 5.74) is 2.31. The minimum absolute atomic E-state index is 0.804. The van der Waals surface area contributed by atoms with Crippen molar-refractivity contribution in [3.8, 4) is 5.75 Å². The molecular formula is C12H15NO. The van der Waals surface area contributed by atoms with Gasteiger partial charge in [-0.1, -0.05) is 24.8 Å². The maximum atomic E-state index is 5.67. The number of benzene rings is 1. The highest BCUT2D eigenvalue weighted by atomic mass is 16.5. The number of hydrogen-bond acceptors (Lipinski definition) is 2. The summed E-state index contributed by atoms with van der Waals surface area (Å²) < 4.78 is 5.67. The van der Waals surface area contributed by atoms with Gasteiger partial charge in [-0.15, -0.1) is 0 Å². The quantitative estimate of drug-likeness (QED) is 0.673. The Morgan fingerprint density at radius 1 is 1.50 bits per heavy atom. The smallest absolute Gasteiger partial charge is 0.143 e. The van der Waals surface area contributed by atoms with Gasteiger partial charge < -0.3 is 9.64 Å². The first-order valence-electron chi connectivity index (χ1n) is 4.92. The van der Waals surface area contributed by atoms with Crippen LogP contribution in [-0.4, -0.2) is 20.2 Å². The van der Waals surface area contributed by atoms with Crippen LogP contribution in [-0.2, 0) is 0 Å². The minimum atomic E-state index is 0.804. The fourth-order valence-electron chi connectivity index (χ4n) is 1.82. The fourth-order valence-corrected chi connectivity index (χ4v) is 1.82. The largest absolute Gasteiger partial charge is 0.491 e. The van der Waals surface area contributed by atoms with E-state index in [4.69, 9.17) is 4.74 Å². The third-order valence-electron chi connectivity index (χ3n) is 2.53. The SMILES string of the molecule is C=Cc1cccc2c1N(C)CCCO2. The second-order valence-corrected chi connectivity index (χ2v) is 3.52. The van der Waals surface area contributed by atoms with Crippen molar-refractivity contribution < 1.29 is 4.74 Å². The predicted octanol–water partition coefficient (Wildman–Crippen LogP) is 2.55. The van der Waals surface area contributed by atoms with Gasteiger partial charge in [-0.2, -0.15) is 0 Å². The average Bonchev–Trinajstić information content (AvgIpc) is 2.40. The van der Waals surface area contributed by atoms with Crippen LogP contribution in [0.5, 0.6) is 5.75 Å². The summed E-state index contributed by atoms with van der Waals surface area (Å²) in [6.07, 6.45) is 2.95. The Hall–Kier alpha value is -1.44. The molecule has 2 nitrogen and oxygen atoms in total. The van der Waals surface area contributed by atoms with Gasteiger partial charge in [0.05, 0.1) is 12.3 Å². The van der Waals surface area contributed by atoms with Gasteiger partial charge in [0.2, 0.25) is 0 Å². The molecule has 0 saturated carbocycles. The molecular weight excluding hydrogens is 174 g/mol. The van der Waals surface area contributed by atoms with E-state index < -0.39 is 0 Å². The standard InChI is InChI=1S/C12H15NO/c1-3-10-6-4-7-11-12(10)13(2)8-5-9-14-11/h3-4,6-7H,1,5,8-9H2,2H3. The number of para-hydroxylation sites is 1. The van der Waals surface area contributed by atoms with E-state index in [2.05, 4.69) is 24.6 Å². The van der Waals surface area contributed by atoms with Crippen molar-refractivity contribution in [1.82, 2.24) is 0 Å². The van der Waals surface area contributed by atoms with E-state index in [0.29, 0.717) is 0 Å². The van der Waals surface area contributed by atoms with Gasteiger partial charge in [-0.05, 0) is 12.5 Å². The molecule has 1 heterocycles. The maximum absolute atomic E-state index is 5.67. The van der Waals surface area contributed by atoms with Gasteiger partial charge in [-0.25, -0.2) is 0 Å². The van der Waals surface area contributed by atoms with E-state index in [9.17, 15) is 0 Å². The molecule has 0 atom stereocenters. The van der Waals surface area contributed by atoms with Crippen molar-refractivity contribution >= 4 is 11.8 Å². The number of rotatable bonds is 1. The lowest BCUT2D eigenvalue weighted by Crippen LogP contribution is -2.18. The summed E-state index contributed by atoms with van der Waals surface area (Å²) in [5, 5.41) is 0. The predicted molar refractivity (Wildman–Crippen MR) is 59.9 cm³/mol. The van der Waals surface area contributed by atoms with Crippen LogP contribution in [0.15, 0.2) is 24.8 Å². The first kappa shape index (κ1) is 9.13. The number of nitrogens with zero attached hydrogens (tertiary/aromatic N) is 1. The maximum Gasteiger partial charge on any atom is 0.143 e. The molecule has 0 N–H and O–H groups in total. The molecule has 0 saturated heterocycles. The van der Waals surface area contributed by atoms with Crippen LogP contribution >= 0.6 is 0 Å². The van der Waals surface area contributed by atoms with E-state index in [1.165, 1.54) is 5.69 Å². The summed E-state index contributed by atoms with van der Waals surface area (Å²) in [4.78, 5) is 2.24. The van der Waals surface area contributed by atoms with Crippen LogP contribution in [0.3, 0.4) is 0 Å². The third-order valence-corrected chi connectivity index (χ3v) is 2.53. The van der Waals surface area contributed by atoms with Gasteiger partial charge in [0.25, 0.3) is 0 Å². The molecule has 1 aliphatic heterocycles. The molecule has 0 spiro atoms. The first-order chi connectivity index (χ1) is 6.83. The normalized spacial score (nSPS) is 15.4. The van der Waals surface area contributed by atoms with E-state index >= 15 is 0 Å². The van der Waals surface area contributed by atoms with E-state index in [-0.39, 0.29) is 0 Å². The molecule has 1 aromatic rings. The number of fused-ring (bicyclic) bond motifs is 1. The molecule has 0 aliphatic carbocycles. The van der Waals surface area contributed by atoms with Gasteiger partial charge in [-0.3, -0.25) is 0 Å². The second kappa shape index (κ2) is 3.74. The molecule has 14 heavy (non-hydrogen) atoms. The van der Waals surface area contributed by atoms with E-state index in [1.54, 1.807) is 0 Å². The van der Waals surface area contributed by atoms with Crippen molar-refractivity contribution in [1.29, 1.82) is 0 Å². The Balaban J connectivity index is 2.52. The molecule has 2 heteroatoms. The highest BCUT2D eigenvalue weighted by molar-refractivity contribution is 5.73. The first-order valence-corrected chi connectivity index (χ1v) is 4.92. The van der Waals surface area contributed by atoms with Gasteiger partial charge in [0.15, 0.2) is 0 Å². The van der Waals surface area contributed by atoms with Gasteiger partial charge >= 0.3 is 0 Å². The molecule has 1 aromatic carbocycles. The van der Waals surface area contributed by atoms with Gasteiger partial charge in [0.1, 0.15) is 5.75 Å². The lowest BCUT2D eigenvalue weighted by Gasteiger charge is -2.20. The monoisotopic (exact) mass is 189 g/mol. The van der Waals surface area contributed by atoms with Crippen LogP contribution < -0.4 is 9.64 Å². The molecule has 1 aliphatic rings. The summed E-state index contributed by atoms with van der Waals surface area (Å²) in [6, 6.07) is 6.09. The van der Waals surface area contributed by atoms with Gasteiger partial charge in [0, 0.05) is 19.2 Å². The highest BCUT2D eigenvalue weighted by Crippen LogP contribution is 2.33.